The summed E-state index contributed by atoms with van der Waals surface area (Å²) >= 11 is 0. The van der Waals surface area contributed by atoms with Crippen molar-refractivity contribution in [2.75, 3.05) is 6.54 Å². The van der Waals surface area contributed by atoms with Gasteiger partial charge >= 0.3 is 6.03 Å². The summed E-state index contributed by atoms with van der Waals surface area (Å²) in [6.07, 6.45) is 11.8. The number of hydrogen-bond acceptors (Lipinski definition) is 5. The lowest BCUT2D eigenvalue weighted by Gasteiger charge is -2.64. The van der Waals surface area contributed by atoms with E-state index < -0.39 is 21.3 Å². The molecule has 0 bridgehead atoms. The third-order valence-corrected chi connectivity index (χ3v) is 16.4. The van der Waals surface area contributed by atoms with Gasteiger partial charge in [0.25, 0.3) is 0 Å². The second-order valence-corrected chi connectivity index (χ2v) is 19.6. The molecule has 2 amide bonds. The minimum Gasteiger partial charge on any atom is -0.393 e. The number of urea groups is 1. The van der Waals surface area contributed by atoms with Crippen molar-refractivity contribution in [2.45, 2.75) is 149 Å². The molecule has 11 atom stereocenters. The molecule has 254 valence electrons. The first-order chi connectivity index (χ1) is 20.5. The van der Waals surface area contributed by atoms with Crippen LogP contribution in [0.15, 0.2) is 0 Å². The molecule has 5 aliphatic rings. The van der Waals surface area contributed by atoms with Gasteiger partial charge in [-0.1, -0.05) is 54.9 Å². The third kappa shape index (κ3) is 6.23. The molecule has 5 aliphatic carbocycles. The van der Waals surface area contributed by atoms with Crippen LogP contribution in [-0.2, 0) is 10.0 Å². The van der Waals surface area contributed by atoms with Gasteiger partial charge in [0.1, 0.15) is 0 Å². The number of nitrogens with one attached hydrogen (secondary N) is 2. The molecule has 5 fully saturated rings. The number of sulfonamides is 1. The summed E-state index contributed by atoms with van der Waals surface area (Å²) in [5.41, 5.74) is 0.564. The minimum atomic E-state index is -3.68. The summed E-state index contributed by atoms with van der Waals surface area (Å²) in [4.78, 5) is 12.7. The monoisotopic (exact) mass is 636 g/mol. The molecule has 5 saturated carbocycles. The standard InChI is InChI=1S/C36H64N2O5S/c1-8-26-30-21-24(39)15-18-36(30,7)29-16-19-35(6)27(13-14-28(35)31(29)32(26)40)22(2)17-20-37-33(41)38-44(42,43)25-11-9-23(10-12-25)34(3,4)5/h22-32,39-40H,8-21H2,1-7H3,(H2,37,38,41)/t22-,23?,24-,25?,26-,27-,28+,29+,30+,31+,32-,35-,36-/m1/s1. The van der Waals surface area contributed by atoms with Gasteiger partial charge in [-0.3, -0.25) is 0 Å². The highest BCUT2D eigenvalue weighted by atomic mass is 32.2. The fourth-order valence-electron chi connectivity index (χ4n) is 12.0. The fourth-order valence-corrected chi connectivity index (χ4v) is 13.4. The van der Waals surface area contributed by atoms with Crippen LogP contribution in [-0.4, -0.2) is 48.7 Å². The number of aliphatic hydroxyl groups is 2. The van der Waals surface area contributed by atoms with Crippen molar-refractivity contribution in [3.8, 4) is 0 Å². The van der Waals surface area contributed by atoms with Crippen LogP contribution in [0.1, 0.15) is 132 Å². The average molecular weight is 637 g/mol. The van der Waals surface area contributed by atoms with Gasteiger partial charge in [0, 0.05) is 6.54 Å². The topological polar surface area (TPSA) is 116 Å². The van der Waals surface area contributed by atoms with Crippen molar-refractivity contribution in [1.29, 1.82) is 0 Å². The summed E-state index contributed by atoms with van der Waals surface area (Å²) in [5.74, 6) is 3.51. The second-order valence-electron chi connectivity index (χ2n) is 17.6. The molecule has 0 spiro atoms. The predicted octanol–water partition coefficient (Wildman–Crippen LogP) is 6.87. The Morgan fingerprint density at radius 2 is 1.55 bits per heavy atom. The first kappa shape index (κ1) is 34.5. The molecule has 8 heteroatoms. The van der Waals surface area contributed by atoms with Gasteiger partial charge in [0.05, 0.1) is 17.5 Å². The lowest BCUT2D eigenvalue weighted by molar-refractivity contribution is -0.203. The maximum absolute atomic E-state index is 13.0. The third-order valence-electron chi connectivity index (χ3n) is 14.6. The quantitative estimate of drug-likeness (QED) is 0.243. The van der Waals surface area contributed by atoms with E-state index >= 15 is 0 Å². The van der Waals surface area contributed by atoms with Gasteiger partial charge in [0.15, 0.2) is 0 Å². The Hall–Kier alpha value is -0.860. The molecule has 0 unspecified atom stereocenters. The van der Waals surface area contributed by atoms with Crippen LogP contribution in [0.25, 0.3) is 0 Å². The lowest BCUT2D eigenvalue weighted by Crippen LogP contribution is -2.62. The number of fused-ring (bicyclic) bond motifs is 5. The van der Waals surface area contributed by atoms with Crippen LogP contribution in [0.5, 0.6) is 0 Å². The summed E-state index contributed by atoms with van der Waals surface area (Å²) < 4.78 is 28.3. The Bertz CT molecular complexity index is 1130. The van der Waals surface area contributed by atoms with Crippen LogP contribution in [0.2, 0.25) is 0 Å². The molecule has 0 aromatic heterocycles. The van der Waals surface area contributed by atoms with Crippen molar-refractivity contribution >= 4 is 16.1 Å². The molecule has 0 radical (unpaired) electrons. The molecule has 0 aromatic carbocycles. The van der Waals surface area contributed by atoms with E-state index in [0.717, 1.165) is 64.2 Å². The Balaban J connectivity index is 1.16. The highest BCUT2D eigenvalue weighted by Crippen LogP contribution is 2.69. The van der Waals surface area contributed by atoms with E-state index in [1.54, 1.807) is 0 Å². The first-order valence-electron chi connectivity index (χ1n) is 18.2. The summed E-state index contributed by atoms with van der Waals surface area (Å²) in [6.45, 7) is 16.6. The molecular weight excluding hydrogens is 572 g/mol. The van der Waals surface area contributed by atoms with Gasteiger partial charge in [-0.25, -0.2) is 17.9 Å². The van der Waals surface area contributed by atoms with Gasteiger partial charge in [-0.2, -0.15) is 0 Å². The van der Waals surface area contributed by atoms with Crippen LogP contribution in [0.4, 0.5) is 4.79 Å². The Kier molecular flexibility index (Phi) is 9.90. The minimum absolute atomic E-state index is 0.175. The molecule has 44 heavy (non-hydrogen) atoms. The van der Waals surface area contributed by atoms with E-state index in [0.29, 0.717) is 60.8 Å². The average Bonchev–Trinajstić information content (AvgIpc) is 3.30. The number of amides is 2. The van der Waals surface area contributed by atoms with Crippen LogP contribution < -0.4 is 10.0 Å². The maximum atomic E-state index is 13.0. The molecule has 0 saturated heterocycles. The van der Waals surface area contributed by atoms with E-state index in [9.17, 15) is 23.4 Å². The highest BCUT2D eigenvalue weighted by molar-refractivity contribution is 7.90. The van der Waals surface area contributed by atoms with Crippen molar-refractivity contribution in [1.82, 2.24) is 10.0 Å². The van der Waals surface area contributed by atoms with Gasteiger partial charge in [-0.05, 0) is 141 Å². The molecule has 4 N–H and O–H groups in total. The second kappa shape index (κ2) is 12.6. The van der Waals surface area contributed by atoms with E-state index in [4.69, 9.17) is 0 Å². The SMILES string of the molecule is CC[C@H]1[C@@H](O)[C@@H]2[C@H](CC[C@]3(C)[C@@H]([C@H](C)CCNC(=O)NS(=O)(=O)C4CCC(C(C)(C)C)CC4)CC[C@@H]23)[C@@]2(C)CC[C@@H](O)C[C@@H]12. The molecular formula is C36H64N2O5S. The molecule has 7 nitrogen and oxygen atoms in total. The number of carbonyl (C=O) groups excluding carboxylic acids is 1. The van der Waals surface area contributed by atoms with Crippen LogP contribution in [0, 0.1) is 63.6 Å². The van der Waals surface area contributed by atoms with E-state index in [2.05, 4.69) is 58.5 Å². The Morgan fingerprint density at radius 1 is 0.909 bits per heavy atom. The molecule has 0 heterocycles. The molecule has 0 aromatic rings. The highest BCUT2D eigenvalue weighted by Gasteiger charge is 2.64. The molecule has 0 aliphatic heterocycles. The smallest absolute Gasteiger partial charge is 0.328 e. The van der Waals surface area contributed by atoms with Gasteiger partial charge in [0.2, 0.25) is 10.0 Å². The Morgan fingerprint density at radius 3 is 2.18 bits per heavy atom. The van der Waals surface area contributed by atoms with E-state index in [1.165, 1.54) is 6.42 Å². The predicted molar refractivity (Wildman–Crippen MR) is 176 cm³/mol. The maximum Gasteiger partial charge on any atom is 0.328 e. The van der Waals surface area contributed by atoms with Crippen molar-refractivity contribution in [2.24, 2.45) is 63.6 Å². The van der Waals surface area contributed by atoms with Crippen LogP contribution >= 0.6 is 0 Å². The van der Waals surface area contributed by atoms with E-state index in [1.807, 2.05) is 0 Å². The zero-order chi connectivity index (χ0) is 32.2. The van der Waals surface area contributed by atoms with Gasteiger partial charge in [-0.15, -0.1) is 0 Å². The molecule has 5 rings (SSSR count). The summed E-state index contributed by atoms with van der Waals surface area (Å²) in [5, 5.41) is 24.9. The number of carbonyl (C=O) groups is 1. The largest absolute Gasteiger partial charge is 0.393 e. The van der Waals surface area contributed by atoms with Crippen molar-refractivity contribution < 1.29 is 23.4 Å². The van der Waals surface area contributed by atoms with Crippen LogP contribution in [0.3, 0.4) is 0 Å². The summed E-state index contributed by atoms with van der Waals surface area (Å²) in [6, 6.07) is -0.595. The number of rotatable bonds is 7. The lowest BCUT2D eigenvalue weighted by atomic mass is 9.41. The fraction of sp³-hybridized carbons (Fsp3) is 0.972. The van der Waals surface area contributed by atoms with Crippen molar-refractivity contribution in [3.63, 3.8) is 0 Å². The number of hydrogen-bond donors (Lipinski definition) is 4. The van der Waals surface area contributed by atoms with Gasteiger partial charge < -0.3 is 15.5 Å². The number of aliphatic hydroxyl groups excluding tert-OH is 2. The van der Waals surface area contributed by atoms with Crippen molar-refractivity contribution in [3.05, 3.63) is 0 Å². The van der Waals surface area contributed by atoms with E-state index in [-0.39, 0.29) is 34.4 Å². The summed E-state index contributed by atoms with van der Waals surface area (Å²) in [7, 11) is -3.68. The zero-order valence-corrected chi connectivity index (χ0v) is 29.6. The normalized spacial score (nSPS) is 45.0. The first-order valence-corrected chi connectivity index (χ1v) is 19.7. The Labute approximate surface area is 268 Å². The zero-order valence-electron chi connectivity index (χ0n) is 28.8.